The van der Waals surface area contributed by atoms with E-state index in [1.165, 1.54) is 18.3 Å². The quantitative estimate of drug-likeness (QED) is 0.651. The van der Waals surface area contributed by atoms with E-state index in [1.807, 2.05) is 19.1 Å². The fourth-order valence-corrected chi connectivity index (χ4v) is 4.49. The van der Waals surface area contributed by atoms with E-state index < -0.39 is 0 Å². The van der Waals surface area contributed by atoms with Crippen LogP contribution in [-0.4, -0.2) is 47.3 Å². The largest absolute Gasteiger partial charge is 0.477 e. The molecule has 0 aliphatic heterocycles. The Bertz CT molecular complexity index is 931. The van der Waals surface area contributed by atoms with E-state index in [4.69, 9.17) is 19.5 Å². The lowest BCUT2D eigenvalue weighted by molar-refractivity contribution is -0.120. The van der Waals surface area contributed by atoms with Crippen LogP contribution < -0.4 is 14.8 Å². The summed E-state index contributed by atoms with van der Waals surface area (Å²) in [5.74, 6) is 1.12. The van der Waals surface area contributed by atoms with Gasteiger partial charge in [-0.25, -0.2) is 9.97 Å². The van der Waals surface area contributed by atoms with Crippen molar-refractivity contribution in [2.24, 2.45) is 11.8 Å². The van der Waals surface area contributed by atoms with E-state index >= 15 is 0 Å². The van der Waals surface area contributed by atoms with Gasteiger partial charge in [0.05, 0.1) is 31.3 Å². The third kappa shape index (κ3) is 5.18. The molecule has 0 aromatic carbocycles. The van der Waals surface area contributed by atoms with Gasteiger partial charge in [-0.15, -0.1) is 0 Å². The Labute approximate surface area is 179 Å². The second-order valence-corrected chi connectivity index (χ2v) is 9.14. The molecule has 160 valence electrons. The van der Waals surface area contributed by atoms with E-state index in [9.17, 15) is 4.79 Å². The van der Waals surface area contributed by atoms with Gasteiger partial charge in [-0.3, -0.25) is 4.79 Å². The molecule has 2 fully saturated rings. The second-order valence-electron chi connectivity index (χ2n) is 8.20. The lowest BCUT2D eigenvalue weighted by atomic mass is 9.83. The van der Waals surface area contributed by atoms with Crippen molar-refractivity contribution in [1.82, 2.24) is 15.3 Å². The molecule has 8 nitrogen and oxygen atoms in total. The van der Waals surface area contributed by atoms with Crippen LogP contribution >= 0.6 is 11.3 Å². The smallest absolute Gasteiger partial charge is 0.276 e. The normalized spacial score (nSPS) is 26.2. The van der Waals surface area contributed by atoms with Gasteiger partial charge >= 0.3 is 0 Å². The molecule has 0 bridgehead atoms. The molecule has 0 spiro atoms. The van der Waals surface area contributed by atoms with Gasteiger partial charge in [-0.2, -0.15) is 5.26 Å². The summed E-state index contributed by atoms with van der Waals surface area (Å²) in [6, 6.07) is 6.02. The van der Waals surface area contributed by atoms with E-state index in [1.54, 1.807) is 0 Å². The maximum absolute atomic E-state index is 11.0. The molecule has 2 aromatic rings. The Morgan fingerprint density at radius 3 is 2.83 bits per heavy atom. The minimum absolute atomic E-state index is 0.0269. The minimum Gasteiger partial charge on any atom is -0.477 e. The third-order valence-corrected chi connectivity index (χ3v) is 6.30. The highest BCUT2D eigenvalue weighted by atomic mass is 32.1. The van der Waals surface area contributed by atoms with Crippen LogP contribution in [0.1, 0.15) is 39.5 Å². The lowest BCUT2D eigenvalue weighted by Crippen LogP contribution is -2.40. The second kappa shape index (κ2) is 9.14. The Kier molecular flexibility index (Phi) is 6.35. The minimum atomic E-state index is -0.0363. The number of nitrogens with zero attached hydrogens (tertiary/aromatic N) is 3. The first-order valence-electron chi connectivity index (χ1n) is 10.3. The molecule has 0 saturated heterocycles. The summed E-state index contributed by atoms with van der Waals surface area (Å²) in [6.45, 7) is 4.59. The van der Waals surface area contributed by atoms with Crippen LogP contribution in [0.2, 0.25) is 0 Å². The molecular formula is C21H26N4O4S. The molecule has 1 atom stereocenters. The van der Waals surface area contributed by atoms with E-state index in [2.05, 4.69) is 21.4 Å². The van der Waals surface area contributed by atoms with Crippen molar-refractivity contribution < 1.29 is 19.0 Å². The number of aromatic nitrogens is 2. The molecule has 2 saturated carbocycles. The molecule has 30 heavy (non-hydrogen) atoms. The molecule has 1 N–H and O–H groups in total. The van der Waals surface area contributed by atoms with Crippen LogP contribution in [0.25, 0.3) is 10.3 Å². The summed E-state index contributed by atoms with van der Waals surface area (Å²) >= 11 is 1.41. The summed E-state index contributed by atoms with van der Waals surface area (Å²) in [6.07, 6.45) is 3.77. The van der Waals surface area contributed by atoms with Gasteiger partial charge in [0.1, 0.15) is 11.6 Å². The van der Waals surface area contributed by atoms with Gasteiger partial charge in [-0.05, 0) is 31.7 Å². The fourth-order valence-electron chi connectivity index (χ4n) is 3.64. The average molecular weight is 431 g/mol. The Morgan fingerprint density at radius 1 is 1.30 bits per heavy atom. The highest BCUT2D eigenvalue weighted by Crippen LogP contribution is 2.35. The van der Waals surface area contributed by atoms with Gasteiger partial charge in [0.15, 0.2) is 4.83 Å². The number of nitrogens with one attached hydrogen (secondary N) is 1. The zero-order valence-electron chi connectivity index (χ0n) is 17.2. The summed E-state index contributed by atoms with van der Waals surface area (Å²) in [5.41, 5.74) is 0.795. The van der Waals surface area contributed by atoms with Crippen LogP contribution in [0.4, 0.5) is 0 Å². The van der Waals surface area contributed by atoms with E-state index in [-0.39, 0.29) is 30.1 Å². The van der Waals surface area contributed by atoms with Gasteiger partial charge < -0.3 is 19.5 Å². The first kappa shape index (κ1) is 20.8. The highest BCUT2D eigenvalue weighted by Gasteiger charge is 2.32. The fraction of sp³-hybridized carbons (Fsp3) is 0.619. The number of hydrogen-bond donors (Lipinski definition) is 1. The van der Waals surface area contributed by atoms with Crippen molar-refractivity contribution in [2.75, 3.05) is 13.2 Å². The number of hydrogen-bond acceptors (Lipinski definition) is 8. The van der Waals surface area contributed by atoms with Crippen molar-refractivity contribution in [3.05, 3.63) is 12.1 Å². The van der Waals surface area contributed by atoms with Crippen molar-refractivity contribution in [1.29, 1.82) is 5.26 Å². The summed E-state index contributed by atoms with van der Waals surface area (Å²) < 4.78 is 17.5. The first-order chi connectivity index (χ1) is 14.5. The number of rotatable bonds is 9. The maximum atomic E-state index is 11.0. The van der Waals surface area contributed by atoms with Gasteiger partial charge in [0.25, 0.3) is 5.19 Å². The zero-order chi connectivity index (χ0) is 21.1. The van der Waals surface area contributed by atoms with Crippen molar-refractivity contribution in [3.8, 4) is 17.1 Å². The Morgan fingerprint density at radius 2 is 2.10 bits per heavy atom. The van der Waals surface area contributed by atoms with E-state index in [0.717, 1.165) is 36.0 Å². The van der Waals surface area contributed by atoms with Crippen LogP contribution in [0.3, 0.4) is 0 Å². The third-order valence-electron chi connectivity index (χ3n) is 5.45. The molecule has 0 unspecified atom stereocenters. The molecule has 0 radical (unpaired) electrons. The number of carbonyl (C=O) groups excluding carboxylic acids is 1. The predicted octanol–water partition coefficient (Wildman–Crippen LogP) is 3.07. The predicted molar refractivity (Wildman–Crippen MR) is 111 cm³/mol. The van der Waals surface area contributed by atoms with Gasteiger partial charge in [0.2, 0.25) is 11.8 Å². The number of nitriles is 1. The number of fused-ring (bicyclic) bond motifs is 1. The number of carbonyl (C=O) groups is 1. The molecule has 2 heterocycles. The van der Waals surface area contributed by atoms with Crippen LogP contribution in [-0.2, 0) is 9.53 Å². The van der Waals surface area contributed by atoms with Gasteiger partial charge in [0, 0.05) is 31.9 Å². The summed E-state index contributed by atoms with van der Waals surface area (Å²) in [5, 5.41) is 12.3. The lowest BCUT2D eigenvalue weighted by Gasteiger charge is -2.35. The number of amides is 1. The molecule has 1 amide bonds. The molecule has 9 heteroatoms. The first-order valence-corrected chi connectivity index (χ1v) is 11.2. The number of ether oxygens (including phenoxy) is 3. The SMILES string of the molecule is CC(=O)N[C@@H](C)CO[C@H]1C[C@H](COc2ccc3nc(OC4CC(C#N)C4)sc3n2)C1. The van der Waals surface area contributed by atoms with Crippen molar-refractivity contribution in [2.45, 2.75) is 57.8 Å². The molecule has 2 aromatic heterocycles. The standard InChI is InChI=1S/C21H26N4O4S/c1-12(23-13(2)26)10-27-16-7-15(8-16)11-28-19-4-3-18-20(25-19)30-21(24-18)29-17-5-14(6-17)9-22/h3-4,12,14-17H,5-8,10-11H2,1-2H3,(H,23,26)/t12-,14?,15-,16-,17?/m0/s1. The van der Waals surface area contributed by atoms with Crippen LogP contribution in [0.5, 0.6) is 11.1 Å². The average Bonchev–Trinajstić information content (AvgIpc) is 3.03. The number of thiazole rings is 1. The van der Waals surface area contributed by atoms with E-state index in [0.29, 0.717) is 30.2 Å². The maximum Gasteiger partial charge on any atom is 0.276 e. The summed E-state index contributed by atoms with van der Waals surface area (Å²) in [4.78, 5) is 20.8. The van der Waals surface area contributed by atoms with Crippen LogP contribution in [0, 0.1) is 23.2 Å². The van der Waals surface area contributed by atoms with Gasteiger partial charge in [-0.1, -0.05) is 11.3 Å². The molecule has 2 aliphatic rings. The Balaban J connectivity index is 1.19. The molecule has 4 rings (SSSR count). The monoisotopic (exact) mass is 430 g/mol. The highest BCUT2D eigenvalue weighted by molar-refractivity contribution is 7.19. The Hall–Kier alpha value is -2.44. The topological polar surface area (TPSA) is 106 Å². The van der Waals surface area contributed by atoms with Crippen molar-refractivity contribution >= 4 is 27.6 Å². The molecule has 2 aliphatic carbocycles. The van der Waals surface area contributed by atoms with Crippen molar-refractivity contribution in [3.63, 3.8) is 0 Å². The summed E-state index contributed by atoms with van der Waals surface area (Å²) in [7, 11) is 0. The van der Waals surface area contributed by atoms with Crippen LogP contribution in [0.15, 0.2) is 12.1 Å². The molecular weight excluding hydrogens is 404 g/mol. The number of pyridine rings is 1. The zero-order valence-corrected chi connectivity index (χ0v) is 18.0.